The zero-order valence-corrected chi connectivity index (χ0v) is 11.4. The minimum Gasteiger partial charge on any atom is -0.339 e. The second-order valence-corrected chi connectivity index (χ2v) is 5.54. The predicted molar refractivity (Wildman–Crippen MR) is 76.3 cm³/mol. The van der Waals surface area contributed by atoms with E-state index >= 15 is 0 Å². The highest BCUT2D eigenvalue weighted by atomic mass is 15.3. The first kappa shape index (κ1) is 12.8. The quantitative estimate of drug-likeness (QED) is 0.842. The molecule has 1 aromatic rings. The number of piperidine rings is 2. The average molecular weight is 261 g/mol. The van der Waals surface area contributed by atoms with Crippen molar-refractivity contribution < 1.29 is 0 Å². The Morgan fingerprint density at radius 1 is 1.16 bits per heavy atom. The maximum atomic E-state index is 4.36. The van der Waals surface area contributed by atoms with Crippen LogP contribution in [0.25, 0.3) is 0 Å². The summed E-state index contributed by atoms with van der Waals surface area (Å²) in [5.41, 5.74) is 0. The van der Waals surface area contributed by atoms with E-state index < -0.39 is 0 Å². The van der Waals surface area contributed by atoms with Crippen molar-refractivity contribution in [3.05, 3.63) is 18.5 Å². The monoisotopic (exact) mass is 261 g/mol. The smallest absolute Gasteiger partial charge is 0.225 e. The minimum atomic E-state index is 0.572. The van der Waals surface area contributed by atoms with E-state index in [0.717, 1.165) is 25.6 Å². The predicted octanol–water partition coefficient (Wildman–Crippen LogP) is 0.787. The molecule has 2 fully saturated rings. The lowest BCUT2D eigenvalue weighted by atomic mass is 10.0. The molecule has 19 heavy (non-hydrogen) atoms. The van der Waals surface area contributed by atoms with Gasteiger partial charge in [0, 0.05) is 44.1 Å². The molecule has 5 heteroatoms. The van der Waals surface area contributed by atoms with Crippen molar-refractivity contribution in [3.63, 3.8) is 0 Å². The van der Waals surface area contributed by atoms with E-state index in [-0.39, 0.29) is 0 Å². The summed E-state index contributed by atoms with van der Waals surface area (Å²) in [6.45, 7) is 4.39. The molecule has 3 rings (SSSR count). The fourth-order valence-corrected chi connectivity index (χ4v) is 3.08. The summed E-state index contributed by atoms with van der Waals surface area (Å²) in [4.78, 5) is 11.0. The third kappa shape index (κ3) is 3.42. The van der Waals surface area contributed by atoms with Crippen LogP contribution in [0.3, 0.4) is 0 Å². The molecule has 2 N–H and O–H groups in total. The van der Waals surface area contributed by atoms with Crippen molar-refractivity contribution >= 4 is 5.95 Å². The van der Waals surface area contributed by atoms with Gasteiger partial charge in [-0.25, -0.2) is 9.97 Å². The van der Waals surface area contributed by atoms with Gasteiger partial charge >= 0.3 is 0 Å². The van der Waals surface area contributed by atoms with Gasteiger partial charge in [0.25, 0.3) is 0 Å². The van der Waals surface area contributed by atoms with Gasteiger partial charge < -0.3 is 15.5 Å². The number of hydrogen-bond donors (Lipinski definition) is 2. The second kappa shape index (κ2) is 6.30. The van der Waals surface area contributed by atoms with Gasteiger partial charge in [-0.2, -0.15) is 0 Å². The van der Waals surface area contributed by atoms with E-state index in [1.54, 1.807) is 0 Å². The van der Waals surface area contributed by atoms with Crippen LogP contribution in [0.15, 0.2) is 18.5 Å². The first-order valence-electron chi connectivity index (χ1n) is 7.40. The fraction of sp³-hybridized carbons (Fsp3) is 0.714. The van der Waals surface area contributed by atoms with Crippen molar-refractivity contribution in [2.75, 3.05) is 31.1 Å². The number of rotatable bonds is 3. The van der Waals surface area contributed by atoms with E-state index in [0.29, 0.717) is 12.1 Å². The fourth-order valence-electron chi connectivity index (χ4n) is 3.08. The number of anilines is 1. The Kier molecular flexibility index (Phi) is 4.25. The lowest BCUT2D eigenvalue weighted by molar-refractivity contribution is 0.322. The highest BCUT2D eigenvalue weighted by molar-refractivity contribution is 5.29. The van der Waals surface area contributed by atoms with Crippen LogP contribution in [0, 0.1) is 0 Å². The molecule has 2 unspecified atom stereocenters. The normalized spacial score (nSPS) is 28.3. The molecule has 2 aliphatic heterocycles. The van der Waals surface area contributed by atoms with E-state index in [1.807, 2.05) is 18.5 Å². The molecule has 5 nitrogen and oxygen atoms in total. The maximum Gasteiger partial charge on any atom is 0.225 e. The van der Waals surface area contributed by atoms with Gasteiger partial charge in [0.2, 0.25) is 5.95 Å². The molecule has 0 aromatic carbocycles. The molecule has 0 bridgehead atoms. The lowest BCUT2D eigenvalue weighted by Crippen LogP contribution is -2.53. The molecular weight excluding hydrogens is 238 g/mol. The Bertz CT molecular complexity index is 377. The molecule has 0 aliphatic carbocycles. The summed E-state index contributed by atoms with van der Waals surface area (Å²) in [6, 6.07) is 3.08. The maximum absolute atomic E-state index is 4.36. The Morgan fingerprint density at radius 2 is 2.00 bits per heavy atom. The van der Waals surface area contributed by atoms with Crippen LogP contribution in [-0.4, -0.2) is 48.2 Å². The van der Waals surface area contributed by atoms with Crippen molar-refractivity contribution in [1.29, 1.82) is 0 Å². The van der Waals surface area contributed by atoms with E-state index in [9.17, 15) is 0 Å². The van der Waals surface area contributed by atoms with Crippen molar-refractivity contribution in [3.8, 4) is 0 Å². The number of hydrogen-bond acceptors (Lipinski definition) is 5. The van der Waals surface area contributed by atoms with Crippen LogP contribution >= 0.6 is 0 Å². The highest BCUT2D eigenvalue weighted by Crippen LogP contribution is 2.16. The summed E-state index contributed by atoms with van der Waals surface area (Å²) in [7, 11) is 0. The first-order valence-corrected chi connectivity index (χ1v) is 7.40. The van der Waals surface area contributed by atoms with E-state index in [1.165, 1.54) is 32.2 Å². The second-order valence-electron chi connectivity index (χ2n) is 5.54. The van der Waals surface area contributed by atoms with Gasteiger partial charge in [0.15, 0.2) is 0 Å². The molecule has 2 atom stereocenters. The Hall–Kier alpha value is -1.20. The van der Waals surface area contributed by atoms with Gasteiger partial charge in [-0.15, -0.1) is 0 Å². The summed E-state index contributed by atoms with van der Waals surface area (Å²) in [5, 5.41) is 7.26. The number of aromatic nitrogens is 2. The average Bonchev–Trinajstić information content (AvgIpc) is 2.49. The Labute approximate surface area is 114 Å². The van der Waals surface area contributed by atoms with Gasteiger partial charge in [-0.05, 0) is 38.3 Å². The van der Waals surface area contributed by atoms with Gasteiger partial charge in [-0.1, -0.05) is 0 Å². The summed E-state index contributed by atoms with van der Waals surface area (Å²) in [5.74, 6) is 0.871. The summed E-state index contributed by atoms with van der Waals surface area (Å²) < 4.78 is 0. The molecule has 0 radical (unpaired) electrons. The third-order valence-corrected chi connectivity index (χ3v) is 4.02. The zero-order valence-electron chi connectivity index (χ0n) is 11.4. The number of nitrogens with one attached hydrogen (secondary N) is 2. The first-order chi connectivity index (χ1) is 9.42. The molecule has 104 valence electrons. The van der Waals surface area contributed by atoms with E-state index in [2.05, 4.69) is 25.5 Å². The van der Waals surface area contributed by atoms with Gasteiger partial charge in [0.05, 0.1) is 0 Å². The number of nitrogens with zero attached hydrogens (tertiary/aromatic N) is 3. The molecule has 0 amide bonds. The molecule has 3 heterocycles. The molecule has 2 saturated heterocycles. The lowest BCUT2D eigenvalue weighted by Gasteiger charge is -2.36. The van der Waals surface area contributed by atoms with Crippen LogP contribution in [0.1, 0.15) is 25.7 Å². The van der Waals surface area contributed by atoms with Gasteiger partial charge in [0.1, 0.15) is 0 Å². The van der Waals surface area contributed by atoms with E-state index in [4.69, 9.17) is 0 Å². The van der Waals surface area contributed by atoms with Crippen LogP contribution in [0.5, 0.6) is 0 Å². The topological polar surface area (TPSA) is 53.1 Å². The molecule has 1 aromatic heterocycles. The Balaban J connectivity index is 1.55. The standard InChI is InChI=1S/C14H23N5/c1-4-12(10-15-6-1)18-13-5-2-9-19(11-13)14-16-7-3-8-17-14/h3,7-8,12-13,15,18H,1-2,4-6,9-11H2. The SMILES string of the molecule is c1cnc(N2CCCC(NC3CCCNC3)C2)nc1. The van der Waals surface area contributed by atoms with Crippen LogP contribution in [0.4, 0.5) is 5.95 Å². The molecule has 0 saturated carbocycles. The van der Waals surface area contributed by atoms with Crippen LogP contribution < -0.4 is 15.5 Å². The third-order valence-electron chi connectivity index (χ3n) is 4.02. The summed E-state index contributed by atoms with van der Waals surface area (Å²) in [6.07, 6.45) is 8.71. The van der Waals surface area contributed by atoms with Crippen LogP contribution in [0.2, 0.25) is 0 Å². The highest BCUT2D eigenvalue weighted by Gasteiger charge is 2.24. The molecule has 2 aliphatic rings. The Morgan fingerprint density at radius 3 is 2.79 bits per heavy atom. The molecular formula is C14H23N5. The van der Waals surface area contributed by atoms with Crippen molar-refractivity contribution in [2.45, 2.75) is 37.8 Å². The minimum absolute atomic E-state index is 0.572. The zero-order chi connectivity index (χ0) is 12.9. The molecule has 0 spiro atoms. The summed E-state index contributed by atoms with van der Waals surface area (Å²) >= 11 is 0. The largest absolute Gasteiger partial charge is 0.339 e. The van der Waals surface area contributed by atoms with Crippen LogP contribution in [-0.2, 0) is 0 Å². The van der Waals surface area contributed by atoms with Crippen molar-refractivity contribution in [2.24, 2.45) is 0 Å². The van der Waals surface area contributed by atoms with Crippen molar-refractivity contribution in [1.82, 2.24) is 20.6 Å². The van der Waals surface area contributed by atoms with Gasteiger partial charge in [-0.3, -0.25) is 0 Å².